The highest BCUT2D eigenvalue weighted by Crippen LogP contribution is 2.15. The normalized spacial score (nSPS) is 11.7. The largest absolute Gasteiger partial charge is 0.463 e. The number of alkyl halides is 6. The lowest BCUT2D eigenvalue weighted by molar-refractivity contribution is -0.365. The Labute approximate surface area is 139 Å². The second-order valence-electron chi connectivity index (χ2n) is 5.07. The van der Waals surface area contributed by atoms with E-state index in [0.717, 1.165) is 7.11 Å². The van der Waals surface area contributed by atoms with Gasteiger partial charge < -0.3 is 9.47 Å². The van der Waals surface area contributed by atoms with E-state index in [1.54, 1.807) is 20.8 Å². The Morgan fingerprint density at radius 3 is 1.52 bits per heavy atom. The van der Waals surface area contributed by atoms with Crippen molar-refractivity contribution in [2.75, 3.05) is 33.7 Å². The summed E-state index contributed by atoms with van der Waals surface area (Å²) in [5.74, 6) is -0.356. The van der Waals surface area contributed by atoms with Crippen molar-refractivity contribution in [3.63, 3.8) is 0 Å². The van der Waals surface area contributed by atoms with Crippen LogP contribution in [0, 0.1) is 5.41 Å². The standard InChI is InChI=1S/C7H13FO2.C3H5F3O2.C2H2F4O/c1-7(2,3)6(9)10-5-4-8;1-7-2-3(4,5)8-6;3-1-2(4,5)7-6/h4-5H2,1-3H3;2H2,1H3;1H2. The summed E-state index contributed by atoms with van der Waals surface area (Å²) in [6, 6.07) is 0. The molecule has 0 aromatic heterocycles. The molecule has 0 bridgehead atoms. The lowest BCUT2D eigenvalue weighted by Crippen LogP contribution is -2.23. The van der Waals surface area contributed by atoms with Crippen molar-refractivity contribution in [3.8, 4) is 0 Å². The molecule has 0 aromatic carbocycles. The van der Waals surface area contributed by atoms with Gasteiger partial charge in [0.05, 0.1) is 5.41 Å². The van der Waals surface area contributed by atoms with Crippen molar-refractivity contribution in [1.29, 1.82) is 0 Å². The van der Waals surface area contributed by atoms with Gasteiger partial charge in [0.2, 0.25) is 0 Å². The molecule has 0 aliphatic carbocycles. The molecule has 0 heterocycles. The summed E-state index contributed by atoms with van der Waals surface area (Å²) in [4.78, 5) is 14.9. The molecule has 25 heavy (non-hydrogen) atoms. The van der Waals surface area contributed by atoms with Gasteiger partial charge in [0.15, 0.2) is 6.67 Å². The highest BCUT2D eigenvalue weighted by Gasteiger charge is 2.31. The van der Waals surface area contributed by atoms with Gasteiger partial charge >= 0.3 is 18.2 Å². The number of hydrogen-bond donors (Lipinski definition) is 0. The molecule has 0 aliphatic rings. The summed E-state index contributed by atoms with van der Waals surface area (Å²) in [6.45, 7) is 1.25. The quantitative estimate of drug-likeness (QED) is 0.479. The number of ether oxygens (including phenoxy) is 2. The molecule has 154 valence electrons. The zero-order valence-corrected chi connectivity index (χ0v) is 13.9. The highest BCUT2D eigenvalue weighted by molar-refractivity contribution is 5.75. The van der Waals surface area contributed by atoms with Gasteiger partial charge in [-0.2, -0.15) is 17.6 Å². The minimum absolute atomic E-state index is 0.129. The number of carbonyl (C=O) groups is 1. The van der Waals surface area contributed by atoms with E-state index in [-0.39, 0.29) is 12.6 Å². The zero-order valence-electron chi connectivity index (χ0n) is 13.9. The van der Waals surface area contributed by atoms with Crippen LogP contribution in [0.5, 0.6) is 0 Å². The molecular weight excluding hydrogens is 376 g/mol. The van der Waals surface area contributed by atoms with Crippen LogP contribution in [0.3, 0.4) is 0 Å². The Bertz CT molecular complexity index is 330. The first-order valence-electron chi connectivity index (χ1n) is 6.36. The molecule has 0 rings (SSSR count). The number of esters is 1. The molecular formula is C12H20F8O5. The fraction of sp³-hybridized carbons (Fsp3) is 0.917. The van der Waals surface area contributed by atoms with Gasteiger partial charge in [0.25, 0.3) is 0 Å². The van der Waals surface area contributed by atoms with E-state index in [9.17, 15) is 40.2 Å². The fourth-order valence-electron chi connectivity index (χ4n) is 0.559. The van der Waals surface area contributed by atoms with E-state index in [1.807, 2.05) is 4.94 Å². The van der Waals surface area contributed by atoms with Crippen LogP contribution in [0.25, 0.3) is 0 Å². The third-order valence-corrected chi connectivity index (χ3v) is 1.62. The SMILES string of the molecule is CC(C)(C)C(=O)OCCF.COCC(F)(F)OF.FCC(F)(F)OF. The van der Waals surface area contributed by atoms with Crippen LogP contribution in [0.1, 0.15) is 20.8 Å². The van der Waals surface area contributed by atoms with Gasteiger partial charge in [-0.1, -0.05) is 0 Å². The molecule has 0 aromatic rings. The summed E-state index contributed by atoms with van der Waals surface area (Å²) in [5.41, 5.74) is -0.519. The Morgan fingerprint density at radius 1 is 0.920 bits per heavy atom. The summed E-state index contributed by atoms with van der Waals surface area (Å²) in [7, 11) is 1.02. The summed E-state index contributed by atoms with van der Waals surface area (Å²) in [6.07, 6.45) is -8.05. The minimum atomic E-state index is -4.25. The van der Waals surface area contributed by atoms with Crippen LogP contribution >= 0.6 is 0 Å². The maximum atomic E-state index is 11.5. The first kappa shape index (κ1) is 28.6. The van der Waals surface area contributed by atoms with E-state index < -0.39 is 37.6 Å². The lowest BCUT2D eigenvalue weighted by atomic mass is 9.97. The molecule has 0 saturated heterocycles. The Balaban J connectivity index is -0.000000296. The maximum Gasteiger partial charge on any atom is 0.413 e. The molecule has 0 fully saturated rings. The van der Waals surface area contributed by atoms with Gasteiger partial charge in [0.1, 0.15) is 19.9 Å². The zero-order chi connectivity index (χ0) is 20.7. The molecule has 0 amide bonds. The Kier molecular flexibility index (Phi) is 16.0. The Hall–Kier alpha value is -1.21. The van der Waals surface area contributed by atoms with E-state index in [1.165, 1.54) is 0 Å². The smallest absolute Gasteiger partial charge is 0.413 e. The molecule has 5 nitrogen and oxygen atoms in total. The third-order valence-electron chi connectivity index (χ3n) is 1.62. The van der Waals surface area contributed by atoms with Crippen LogP contribution in [-0.4, -0.2) is 51.9 Å². The predicted octanol–water partition coefficient (Wildman–Crippen LogP) is 4.12. The van der Waals surface area contributed by atoms with Crippen molar-refractivity contribution < 1.29 is 59.5 Å². The Morgan fingerprint density at radius 2 is 1.36 bits per heavy atom. The highest BCUT2D eigenvalue weighted by atomic mass is 19.4. The van der Waals surface area contributed by atoms with Crippen molar-refractivity contribution in [3.05, 3.63) is 0 Å². The van der Waals surface area contributed by atoms with Crippen molar-refractivity contribution in [1.82, 2.24) is 0 Å². The number of methoxy groups -OCH3 is 1. The average molecular weight is 396 g/mol. The second kappa shape index (κ2) is 14.0. The molecule has 0 N–H and O–H groups in total. The molecule has 13 heteroatoms. The molecule has 0 spiro atoms. The molecule has 0 saturated carbocycles. The minimum Gasteiger partial charge on any atom is -0.463 e. The summed E-state index contributed by atoms with van der Waals surface area (Å²) < 4.78 is 96.1. The number of halogens is 8. The summed E-state index contributed by atoms with van der Waals surface area (Å²) in [5, 5.41) is 0. The first-order valence-corrected chi connectivity index (χ1v) is 6.36. The molecule has 0 unspecified atom stereocenters. The van der Waals surface area contributed by atoms with Crippen LogP contribution in [0.2, 0.25) is 0 Å². The van der Waals surface area contributed by atoms with Crippen LogP contribution in [-0.2, 0) is 24.2 Å². The van der Waals surface area contributed by atoms with Crippen molar-refractivity contribution in [2.24, 2.45) is 5.41 Å². The lowest BCUT2D eigenvalue weighted by Gasteiger charge is -2.15. The third kappa shape index (κ3) is 20.7. The van der Waals surface area contributed by atoms with Crippen LogP contribution in [0.4, 0.5) is 35.4 Å². The van der Waals surface area contributed by atoms with Gasteiger partial charge in [-0.05, 0) is 29.8 Å². The van der Waals surface area contributed by atoms with E-state index >= 15 is 0 Å². The van der Waals surface area contributed by atoms with Crippen LogP contribution < -0.4 is 0 Å². The van der Waals surface area contributed by atoms with Gasteiger partial charge in [-0.3, -0.25) is 4.79 Å². The fourth-order valence-corrected chi connectivity index (χ4v) is 0.559. The van der Waals surface area contributed by atoms with Gasteiger partial charge in [-0.25, -0.2) is 8.78 Å². The molecule has 0 radical (unpaired) electrons. The number of rotatable bonds is 7. The van der Waals surface area contributed by atoms with Crippen LogP contribution in [0.15, 0.2) is 0 Å². The number of hydrogen-bond acceptors (Lipinski definition) is 5. The molecule has 0 atom stereocenters. The monoisotopic (exact) mass is 396 g/mol. The summed E-state index contributed by atoms with van der Waals surface area (Å²) >= 11 is 0. The predicted molar refractivity (Wildman–Crippen MR) is 68.5 cm³/mol. The molecule has 0 aliphatic heterocycles. The number of carbonyl (C=O) groups excluding carboxylic acids is 1. The maximum absolute atomic E-state index is 11.5. The van der Waals surface area contributed by atoms with Gasteiger partial charge in [-0.15, -0.1) is 9.88 Å². The topological polar surface area (TPSA) is 54.0 Å². The van der Waals surface area contributed by atoms with Gasteiger partial charge in [0, 0.05) is 7.11 Å². The van der Waals surface area contributed by atoms with Crippen molar-refractivity contribution in [2.45, 2.75) is 33.0 Å². The van der Waals surface area contributed by atoms with E-state index in [0.29, 0.717) is 0 Å². The van der Waals surface area contributed by atoms with E-state index in [4.69, 9.17) is 0 Å². The second-order valence-corrected chi connectivity index (χ2v) is 5.07. The van der Waals surface area contributed by atoms with Crippen molar-refractivity contribution >= 4 is 5.97 Å². The first-order chi connectivity index (χ1) is 11.2. The average Bonchev–Trinajstić information content (AvgIpc) is 2.53. The van der Waals surface area contributed by atoms with E-state index in [2.05, 4.69) is 14.4 Å².